The van der Waals surface area contributed by atoms with Crippen LogP contribution in [0, 0.1) is 0 Å². The van der Waals surface area contributed by atoms with Crippen LogP contribution in [0.25, 0.3) is 0 Å². The summed E-state index contributed by atoms with van der Waals surface area (Å²) in [4.78, 5) is 35.7. The molecule has 4 heterocycles. The van der Waals surface area contributed by atoms with Gasteiger partial charge >= 0.3 is 6.03 Å². The number of hydrogen-bond acceptors (Lipinski definition) is 8. The number of likely N-dealkylation sites (N-methyl/N-ethyl adjacent to an activating group) is 1. The van der Waals surface area contributed by atoms with Crippen molar-refractivity contribution in [2.24, 2.45) is 5.73 Å². The summed E-state index contributed by atoms with van der Waals surface area (Å²) < 4.78 is 0. The Morgan fingerprint density at radius 1 is 1.14 bits per heavy atom. The van der Waals surface area contributed by atoms with Gasteiger partial charge in [0.05, 0.1) is 11.6 Å². The molecular formula is C26H35N9O2. The first-order valence-corrected chi connectivity index (χ1v) is 13.4. The molecule has 11 nitrogen and oxygen atoms in total. The number of urea groups is 1. The van der Waals surface area contributed by atoms with Crippen molar-refractivity contribution in [3.63, 3.8) is 0 Å². The van der Waals surface area contributed by atoms with Crippen LogP contribution in [0.3, 0.4) is 0 Å². The highest BCUT2D eigenvalue weighted by Gasteiger charge is 2.57. The predicted molar refractivity (Wildman–Crippen MR) is 140 cm³/mol. The van der Waals surface area contributed by atoms with Gasteiger partial charge in [-0.05, 0) is 75.2 Å². The summed E-state index contributed by atoms with van der Waals surface area (Å²) in [5.41, 5.74) is 7.77. The number of carbonyl (C=O) groups excluding carboxylic acids is 2. The molecule has 1 saturated carbocycles. The van der Waals surface area contributed by atoms with Crippen molar-refractivity contribution in [3.8, 4) is 0 Å². The van der Waals surface area contributed by atoms with Crippen molar-refractivity contribution in [3.05, 3.63) is 35.5 Å². The highest BCUT2D eigenvalue weighted by molar-refractivity contribution is 5.96. The van der Waals surface area contributed by atoms with Gasteiger partial charge in [0.15, 0.2) is 11.5 Å². The molecule has 3 aliphatic heterocycles. The molecule has 1 spiro atoms. The number of nitrogens with one attached hydrogen (secondary N) is 2. The Kier molecular flexibility index (Phi) is 6.10. The molecule has 1 atom stereocenters. The van der Waals surface area contributed by atoms with Crippen LogP contribution < -0.4 is 21.3 Å². The van der Waals surface area contributed by atoms with Crippen molar-refractivity contribution in [2.45, 2.75) is 56.0 Å². The number of nitrogens with zero attached hydrogens (tertiary/aromatic N) is 6. The molecule has 1 aromatic heterocycles. The first kappa shape index (κ1) is 23.9. The Morgan fingerprint density at radius 2 is 1.89 bits per heavy atom. The van der Waals surface area contributed by atoms with Crippen LogP contribution in [0.15, 0.2) is 24.3 Å². The number of primary amides is 1. The maximum Gasteiger partial charge on any atom is 0.320 e. The summed E-state index contributed by atoms with van der Waals surface area (Å²) >= 11 is 0. The SMILES string of the molecule is CN1C(=O)N(C2CCCN(c3nnc(C(N)=O)c(Nc4ccc(C5CCNCC5)cc4)n3)C2)CC12CC2. The standard InChI is InChI=1S/C26H35N9O2/c1-33-25(37)35(16-26(33)10-11-26)20-3-2-14-34(15-20)24-30-23(21(22(27)36)31-32-24)29-19-6-4-17(5-7-19)18-8-12-28-13-9-18/h4-7,18,20,28H,2-3,8-16H2,1H3,(H2,27,36)(H,29,30,32). The van der Waals surface area contributed by atoms with Crippen LogP contribution in [0.5, 0.6) is 0 Å². The zero-order chi connectivity index (χ0) is 25.6. The van der Waals surface area contributed by atoms with E-state index in [2.05, 4.69) is 42.8 Å². The molecule has 4 N–H and O–H groups in total. The Bertz CT molecular complexity index is 1180. The second-order valence-electron chi connectivity index (χ2n) is 10.9. The van der Waals surface area contributed by atoms with Gasteiger partial charge in [-0.15, -0.1) is 10.2 Å². The highest BCUT2D eigenvalue weighted by atomic mass is 16.2. The number of carbonyl (C=O) groups is 2. The van der Waals surface area contributed by atoms with Gasteiger partial charge in [0.1, 0.15) is 0 Å². The minimum absolute atomic E-state index is 0.00626. The number of amides is 3. The summed E-state index contributed by atoms with van der Waals surface area (Å²) in [6.07, 6.45) is 6.31. The summed E-state index contributed by atoms with van der Waals surface area (Å²) in [5.74, 6) is 0.609. The number of piperidine rings is 2. The van der Waals surface area contributed by atoms with Crippen LogP contribution in [0.4, 0.5) is 22.2 Å². The van der Waals surface area contributed by atoms with Crippen molar-refractivity contribution in [2.75, 3.05) is 50.0 Å². The second kappa shape index (κ2) is 9.44. The van der Waals surface area contributed by atoms with Gasteiger partial charge in [-0.3, -0.25) is 4.79 Å². The van der Waals surface area contributed by atoms with E-state index in [1.807, 2.05) is 29.0 Å². The fourth-order valence-electron chi connectivity index (χ4n) is 6.04. The number of aromatic nitrogens is 3. The van der Waals surface area contributed by atoms with E-state index in [1.165, 1.54) is 5.56 Å². The minimum Gasteiger partial charge on any atom is -0.364 e. The monoisotopic (exact) mass is 505 g/mol. The summed E-state index contributed by atoms with van der Waals surface area (Å²) in [5, 5.41) is 15.0. The summed E-state index contributed by atoms with van der Waals surface area (Å²) in [7, 11) is 1.92. The molecule has 0 radical (unpaired) electrons. The fraction of sp³-hybridized carbons (Fsp3) is 0.577. The normalized spacial score (nSPS) is 23.5. The van der Waals surface area contributed by atoms with E-state index >= 15 is 0 Å². The first-order chi connectivity index (χ1) is 17.9. The van der Waals surface area contributed by atoms with Crippen LogP contribution in [-0.4, -0.2) is 88.3 Å². The molecule has 196 valence electrons. The molecular weight excluding hydrogens is 470 g/mol. The van der Waals surface area contributed by atoms with Crippen LogP contribution >= 0.6 is 0 Å². The van der Waals surface area contributed by atoms with E-state index in [-0.39, 0.29) is 23.3 Å². The molecule has 3 amide bonds. The van der Waals surface area contributed by atoms with Crippen LogP contribution in [0.1, 0.15) is 60.5 Å². The maximum absolute atomic E-state index is 12.9. The third-order valence-corrected chi connectivity index (χ3v) is 8.55. The molecule has 1 aromatic carbocycles. The number of rotatable bonds is 6. The van der Waals surface area contributed by atoms with E-state index in [9.17, 15) is 9.59 Å². The minimum atomic E-state index is -0.683. The Morgan fingerprint density at radius 3 is 2.57 bits per heavy atom. The average Bonchev–Trinajstić information content (AvgIpc) is 3.68. The van der Waals surface area contributed by atoms with Gasteiger partial charge in [0, 0.05) is 32.4 Å². The topological polar surface area (TPSA) is 133 Å². The zero-order valence-corrected chi connectivity index (χ0v) is 21.3. The van der Waals surface area contributed by atoms with Gasteiger partial charge in [0.2, 0.25) is 5.95 Å². The molecule has 1 aliphatic carbocycles. The van der Waals surface area contributed by atoms with Crippen molar-refractivity contribution >= 4 is 29.4 Å². The van der Waals surface area contributed by atoms with Crippen LogP contribution in [0.2, 0.25) is 0 Å². The number of hydrogen-bond donors (Lipinski definition) is 3. The first-order valence-electron chi connectivity index (χ1n) is 13.4. The molecule has 11 heteroatoms. The fourth-order valence-corrected chi connectivity index (χ4v) is 6.04. The molecule has 2 aromatic rings. The smallest absolute Gasteiger partial charge is 0.320 e. The van der Waals surface area contributed by atoms with E-state index in [1.54, 1.807) is 0 Å². The number of benzene rings is 1. The third kappa shape index (κ3) is 4.56. The Hall–Kier alpha value is -3.47. The lowest BCUT2D eigenvalue weighted by atomic mass is 9.90. The largest absolute Gasteiger partial charge is 0.364 e. The van der Waals surface area contributed by atoms with E-state index in [0.29, 0.717) is 24.2 Å². The predicted octanol–water partition coefficient (Wildman–Crippen LogP) is 2.05. The lowest BCUT2D eigenvalue weighted by Gasteiger charge is -2.37. The van der Waals surface area contributed by atoms with E-state index in [4.69, 9.17) is 5.73 Å². The van der Waals surface area contributed by atoms with Gasteiger partial charge < -0.3 is 31.1 Å². The van der Waals surface area contributed by atoms with Crippen molar-refractivity contribution in [1.82, 2.24) is 30.3 Å². The molecule has 37 heavy (non-hydrogen) atoms. The molecule has 4 fully saturated rings. The van der Waals surface area contributed by atoms with Crippen molar-refractivity contribution in [1.29, 1.82) is 0 Å². The number of anilines is 3. The van der Waals surface area contributed by atoms with Gasteiger partial charge in [-0.1, -0.05) is 12.1 Å². The quantitative estimate of drug-likeness (QED) is 0.543. The lowest BCUT2D eigenvalue weighted by Crippen LogP contribution is -2.49. The molecule has 4 aliphatic rings. The molecule has 3 saturated heterocycles. The summed E-state index contributed by atoms with van der Waals surface area (Å²) in [6, 6.07) is 8.48. The van der Waals surface area contributed by atoms with Gasteiger partial charge in [-0.25, -0.2) is 4.79 Å². The van der Waals surface area contributed by atoms with Crippen molar-refractivity contribution < 1.29 is 9.59 Å². The lowest BCUT2D eigenvalue weighted by molar-refractivity contribution is 0.0995. The van der Waals surface area contributed by atoms with E-state index < -0.39 is 5.91 Å². The molecule has 1 unspecified atom stereocenters. The number of nitrogens with two attached hydrogens (primary N) is 1. The molecule has 0 bridgehead atoms. The van der Waals surface area contributed by atoms with Crippen LogP contribution in [-0.2, 0) is 0 Å². The Labute approximate surface area is 216 Å². The van der Waals surface area contributed by atoms with E-state index in [0.717, 1.165) is 70.4 Å². The zero-order valence-electron chi connectivity index (χ0n) is 21.3. The molecule has 6 rings (SSSR count). The second-order valence-corrected chi connectivity index (χ2v) is 10.9. The van der Waals surface area contributed by atoms with Gasteiger partial charge in [0.25, 0.3) is 5.91 Å². The van der Waals surface area contributed by atoms with Gasteiger partial charge in [-0.2, -0.15) is 4.98 Å². The summed E-state index contributed by atoms with van der Waals surface area (Å²) in [6.45, 7) is 4.28. The average molecular weight is 506 g/mol. The highest BCUT2D eigenvalue weighted by Crippen LogP contribution is 2.47. The Balaban J connectivity index is 1.19. The third-order valence-electron chi connectivity index (χ3n) is 8.55. The maximum atomic E-state index is 12.9.